The summed E-state index contributed by atoms with van der Waals surface area (Å²) in [5.74, 6) is -0.467. The van der Waals surface area contributed by atoms with Crippen LogP contribution in [-0.2, 0) is 9.59 Å². The van der Waals surface area contributed by atoms with Crippen LogP contribution in [0.25, 0.3) is 5.69 Å². The number of hydrogen-bond acceptors (Lipinski definition) is 4. The van der Waals surface area contributed by atoms with Gasteiger partial charge in [0, 0.05) is 18.8 Å². The summed E-state index contributed by atoms with van der Waals surface area (Å²) >= 11 is 0. The minimum atomic E-state index is -0.409. The van der Waals surface area contributed by atoms with Crippen molar-refractivity contribution in [1.82, 2.24) is 14.8 Å². The van der Waals surface area contributed by atoms with Gasteiger partial charge in [0.1, 0.15) is 17.7 Å². The highest BCUT2D eigenvalue weighted by atomic mass is 19.1. The number of nitrogens with one attached hydrogen (secondary N) is 2. The molecular formula is C22H26FN5O2. The molecule has 1 fully saturated rings. The number of benzene rings is 1. The van der Waals surface area contributed by atoms with Gasteiger partial charge >= 0.3 is 0 Å². The normalized spacial score (nSPS) is 17.0. The molecule has 0 spiro atoms. The number of piperazine rings is 1. The van der Waals surface area contributed by atoms with E-state index in [1.54, 1.807) is 23.6 Å². The summed E-state index contributed by atoms with van der Waals surface area (Å²) in [6, 6.07) is 7.75. The summed E-state index contributed by atoms with van der Waals surface area (Å²) in [7, 11) is 0. The van der Waals surface area contributed by atoms with Gasteiger partial charge in [-0.3, -0.25) is 19.1 Å². The SMILES string of the molecule is Cc1c(C#N)c(NC(=O)CN2CCNC(=O)C2C(C)C)n(-c2cccc(F)c2)c1C. The first-order valence-corrected chi connectivity index (χ1v) is 9.94. The average Bonchev–Trinajstić information content (AvgIpc) is 2.91. The first-order valence-electron chi connectivity index (χ1n) is 9.94. The zero-order valence-corrected chi connectivity index (χ0v) is 17.6. The highest BCUT2D eigenvalue weighted by Gasteiger charge is 2.33. The quantitative estimate of drug-likeness (QED) is 0.791. The van der Waals surface area contributed by atoms with Crippen molar-refractivity contribution in [3.05, 3.63) is 46.9 Å². The fourth-order valence-corrected chi connectivity index (χ4v) is 3.99. The van der Waals surface area contributed by atoms with Crippen LogP contribution in [0, 0.1) is 36.9 Å². The summed E-state index contributed by atoms with van der Waals surface area (Å²) in [6.45, 7) is 8.57. The van der Waals surface area contributed by atoms with Gasteiger partial charge in [0.25, 0.3) is 0 Å². The van der Waals surface area contributed by atoms with Crippen molar-refractivity contribution in [3.8, 4) is 11.8 Å². The molecule has 158 valence electrons. The largest absolute Gasteiger partial charge is 0.353 e. The van der Waals surface area contributed by atoms with Crippen molar-refractivity contribution in [3.63, 3.8) is 0 Å². The molecule has 2 aromatic rings. The van der Waals surface area contributed by atoms with E-state index in [9.17, 15) is 19.2 Å². The minimum Gasteiger partial charge on any atom is -0.353 e. The highest BCUT2D eigenvalue weighted by Crippen LogP contribution is 2.30. The zero-order valence-electron chi connectivity index (χ0n) is 17.6. The predicted molar refractivity (Wildman–Crippen MR) is 112 cm³/mol. The smallest absolute Gasteiger partial charge is 0.239 e. The second kappa shape index (κ2) is 8.67. The Morgan fingerprint density at radius 1 is 1.40 bits per heavy atom. The molecule has 0 aliphatic carbocycles. The third-order valence-electron chi connectivity index (χ3n) is 5.49. The molecule has 1 saturated heterocycles. The Morgan fingerprint density at radius 2 is 2.13 bits per heavy atom. The summed E-state index contributed by atoms with van der Waals surface area (Å²) < 4.78 is 15.5. The molecule has 2 N–H and O–H groups in total. The fourth-order valence-electron chi connectivity index (χ4n) is 3.99. The van der Waals surface area contributed by atoms with Crippen molar-refractivity contribution in [1.29, 1.82) is 5.26 Å². The first-order chi connectivity index (χ1) is 14.2. The summed E-state index contributed by atoms with van der Waals surface area (Å²) in [4.78, 5) is 27.0. The summed E-state index contributed by atoms with van der Waals surface area (Å²) in [5.41, 5.74) is 2.31. The monoisotopic (exact) mass is 411 g/mol. The van der Waals surface area contributed by atoms with Gasteiger partial charge in [0.15, 0.2) is 0 Å². The maximum Gasteiger partial charge on any atom is 0.239 e. The number of anilines is 1. The van der Waals surface area contributed by atoms with Crippen LogP contribution in [0.1, 0.15) is 30.7 Å². The van der Waals surface area contributed by atoms with Crippen LogP contribution >= 0.6 is 0 Å². The number of nitriles is 1. The molecule has 1 aromatic carbocycles. The predicted octanol–water partition coefficient (Wildman–Crippen LogP) is 2.50. The van der Waals surface area contributed by atoms with E-state index in [4.69, 9.17) is 0 Å². The molecule has 0 radical (unpaired) electrons. The molecule has 2 heterocycles. The van der Waals surface area contributed by atoms with Crippen LogP contribution in [0.15, 0.2) is 24.3 Å². The Balaban J connectivity index is 1.92. The van der Waals surface area contributed by atoms with E-state index in [1.807, 2.05) is 25.7 Å². The number of hydrogen-bond donors (Lipinski definition) is 2. The Hall–Kier alpha value is -3.18. The number of rotatable bonds is 5. The van der Waals surface area contributed by atoms with Gasteiger partial charge in [0.05, 0.1) is 23.8 Å². The maximum absolute atomic E-state index is 13.8. The van der Waals surface area contributed by atoms with E-state index in [0.717, 1.165) is 11.3 Å². The third-order valence-corrected chi connectivity index (χ3v) is 5.49. The number of amides is 2. The molecule has 0 saturated carbocycles. The van der Waals surface area contributed by atoms with Gasteiger partial charge < -0.3 is 10.6 Å². The standard InChI is InChI=1S/C22H26FN5O2/c1-13(2)20-22(30)25-8-9-27(20)12-19(29)26-21-18(11-24)14(3)15(4)28(21)17-7-5-6-16(23)10-17/h5-7,10,13,20H,8-9,12H2,1-4H3,(H,25,30)(H,26,29). The molecule has 1 atom stereocenters. The van der Waals surface area contributed by atoms with Gasteiger partial charge in [-0.25, -0.2) is 4.39 Å². The van der Waals surface area contributed by atoms with Crippen molar-refractivity contribution in [2.24, 2.45) is 5.92 Å². The van der Waals surface area contributed by atoms with E-state index < -0.39 is 11.9 Å². The topological polar surface area (TPSA) is 90.2 Å². The van der Waals surface area contributed by atoms with Crippen LogP contribution in [0.2, 0.25) is 0 Å². The molecule has 1 aliphatic heterocycles. The minimum absolute atomic E-state index is 0.0214. The number of halogens is 1. The molecule has 1 aromatic heterocycles. The molecule has 3 rings (SSSR count). The fraction of sp³-hybridized carbons (Fsp3) is 0.409. The lowest BCUT2D eigenvalue weighted by Crippen LogP contribution is -2.58. The van der Waals surface area contributed by atoms with Crippen LogP contribution < -0.4 is 10.6 Å². The molecule has 1 unspecified atom stereocenters. The van der Waals surface area contributed by atoms with Crippen LogP contribution in [0.5, 0.6) is 0 Å². The lowest BCUT2D eigenvalue weighted by molar-refractivity contribution is -0.132. The van der Waals surface area contributed by atoms with Crippen LogP contribution in [0.3, 0.4) is 0 Å². The van der Waals surface area contributed by atoms with E-state index in [-0.39, 0.29) is 24.3 Å². The molecule has 2 amide bonds. The number of carbonyl (C=O) groups is 2. The molecular weight excluding hydrogens is 385 g/mol. The Morgan fingerprint density at radius 3 is 2.77 bits per heavy atom. The second-order valence-electron chi connectivity index (χ2n) is 7.86. The average molecular weight is 411 g/mol. The number of carbonyl (C=O) groups excluding carboxylic acids is 2. The van der Waals surface area contributed by atoms with Gasteiger partial charge in [-0.1, -0.05) is 19.9 Å². The Labute approximate surface area is 175 Å². The van der Waals surface area contributed by atoms with Crippen molar-refractivity contribution in [2.45, 2.75) is 33.7 Å². The third kappa shape index (κ3) is 4.07. The van der Waals surface area contributed by atoms with E-state index >= 15 is 0 Å². The number of nitrogens with zero attached hydrogens (tertiary/aromatic N) is 3. The first kappa shape index (κ1) is 21.5. The lowest BCUT2D eigenvalue weighted by atomic mass is 10.00. The van der Waals surface area contributed by atoms with Crippen LogP contribution in [-0.4, -0.2) is 47.0 Å². The Bertz CT molecular complexity index is 1020. The molecule has 1 aliphatic rings. The van der Waals surface area contributed by atoms with Crippen LogP contribution in [0.4, 0.5) is 10.2 Å². The van der Waals surface area contributed by atoms with Gasteiger partial charge in [-0.2, -0.15) is 5.26 Å². The number of aromatic nitrogens is 1. The lowest BCUT2D eigenvalue weighted by Gasteiger charge is -2.36. The zero-order chi connectivity index (χ0) is 22.0. The molecule has 7 nitrogen and oxygen atoms in total. The molecule has 8 heteroatoms. The van der Waals surface area contributed by atoms with Gasteiger partial charge in [-0.15, -0.1) is 0 Å². The second-order valence-corrected chi connectivity index (χ2v) is 7.86. The van der Waals surface area contributed by atoms with Gasteiger partial charge in [0.2, 0.25) is 11.8 Å². The van der Waals surface area contributed by atoms with E-state index in [2.05, 4.69) is 16.7 Å². The van der Waals surface area contributed by atoms with E-state index in [0.29, 0.717) is 30.2 Å². The van der Waals surface area contributed by atoms with Gasteiger partial charge in [-0.05, 0) is 43.5 Å². The molecule has 30 heavy (non-hydrogen) atoms. The summed E-state index contributed by atoms with van der Waals surface area (Å²) in [5, 5.41) is 15.3. The highest BCUT2D eigenvalue weighted by molar-refractivity contribution is 5.94. The van der Waals surface area contributed by atoms with Crippen molar-refractivity contribution < 1.29 is 14.0 Å². The van der Waals surface area contributed by atoms with Crippen molar-refractivity contribution >= 4 is 17.6 Å². The van der Waals surface area contributed by atoms with Crippen molar-refractivity contribution in [2.75, 3.05) is 25.0 Å². The molecule has 0 bridgehead atoms. The van der Waals surface area contributed by atoms with E-state index in [1.165, 1.54) is 12.1 Å². The maximum atomic E-state index is 13.8. The Kier molecular flexibility index (Phi) is 6.22. The summed E-state index contributed by atoms with van der Waals surface area (Å²) in [6.07, 6.45) is 0.